The van der Waals surface area contributed by atoms with Crippen LogP contribution in [0.1, 0.15) is 17.4 Å². The normalized spacial score (nSPS) is 10.5. The number of nitrogens with zero attached hydrogens (tertiary/aromatic N) is 2. The summed E-state index contributed by atoms with van der Waals surface area (Å²) >= 11 is 1.67. The van der Waals surface area contributed by atoms with E-state index < -0.39 is 5.97 Å². The highest BCUT2D eigenvalue weighted by molar-refractivity contribution is 7.98. The van der Waals surface area contributed by atoms with E-state index in [1.807, 2.05) is 54.8 Å². The van der Waals surface area contributed by atoms with Crippen LogP contribution < -0.4 is 5.32 Å². The van der Waals surface area contributed by atoms with E-state index in [9.17, 15) is 9.59 Å². The number of esters is 1. The molecule has 0 aliphatic carbocycles. The van der Waals surface area contributed by atoms with Gasteiger partial charge in [0.15, 0.2) is 5.69 Å². The van der Waals surface area contributed by atoms with Crippen molar-refractivity contribution in [1.29, 1.82) is 0 Å². The van der Waals surface area contributed by atoms with Crippen LogP contribution in [0.25, 0.3) is 16.9 Å². The van der Waals surface area contributed by atoms with Gasteiger partial charge < -0.3 is 14.8 Å². The van der Waals surface area contributed by atoms with Crippen LogP contribution in [0.5, 0.6) is 0 Å². The second kappa shape index (κ2) is 9.23. The SMILES string of the molecule is CCOC(=O)c1cc(-c2ccc(SC)cc2)n(-c2ccc(NCC=O)cc2)n1. The maximum Gasteiger partial charge on any atom is 0.358 e. The van der Waals surface area contributed by atoms with Gasteiger partial charge in [-0.2, -0.15) is 5.10 Å². The van der Waals surface area contributed by atoms with E-state index in [0.717, 1.165) is 33.8 Å². The average Bonchev–Trinajstić information content (AvgIpc) is 3.18. The van der Waals surface area contributed by atoms with Crippen molar-refractivity contribution in [3.63, 3.8) is 0 Å². The molecule has 0 radical (unpaired) electrons. The molecule has 0 bridgehead atoms. The second-order valence-electron chi connectivity index (χ2n) is 5.87. The van der Waals surface area contributed by atoms with Gasteiger partial charge >= 0.3 is 5.97 Å². The summed E-state index contributed by atoms with van der Waals surface area (Å²) in [6.07, 6.45) is 2.84. The molecule has 1 heterocycles. The van der Waals surface area contributed by atoms with Gasteiger partial charge in [-0.3, -0.25) is 0 Å². The fourth-order valence-electron chi connectivity index (χ4n) is 2.73. The Hall–Kier alpha value is -3.06. The first-order valence-electron chi connectivity index (χ1n) is 8.85. The molecule has 1 N–H and O–H groups in total. The number of benzene rings is 2. The van der Waals surface area contributed by atoms with Crippen LogP contribution >= 0.6 is 11.8 Å². The Kier molecular flexibility index (Phi) is 6.49. The molecule has 0 saturated carbocycles. The number of carbonyl (C=O) groups excluding carboxylic acids is 2. The molecule has 6 nitrogen and oxygen atoms in total. The summed E-state index contributed by atoms with van der Waals surface area (Å²) in [7, 11) is 0. The molecule has 0 atom stereocenters. The van der Waals surface area contributed by atoms with Gasteiger partial charge in [-0.1, -0.05) is 12.1 Å². The van der Waals surface area contributed by atoms with Crippen molar-refractivity contribution in [2.24, 2.45) is 0 Å². The molecule has 0 unspecified atom stereocenters. The fraction of sp³-hybridized carbons (Fsp3) is 0.190. The van der Waals surface area contributed by atoms with Gasteiger partial charge in [0.05, 0.1) is 24.5 Å². The van der Waals surface area contributed by atoms with E-state index in [2.05, 4.69) is 10.4 Å². The number of nitrogens with one attached hydrogen (secondary N) is 1. The predicted molar refractivity (Wildman–Crippen MR) is 111 cm³/mol. The van der Waals surface area contributed by atoms with Crippen molar-refractivity contribution in [2.75, 3.05) is 24.7 Å². The van der Waals surface area contributed by atoms with Gasteiger partial charge in [-0.05, 0) is 55.6 Å². The predicted octanol–water partition coefficient (Wildman–Crippen LogP) is 4.05. The molecule has 7 heteroatoms. The lowest BCUT2D eigenvalue weighted by atomic mass is 10.1. The minimum absolute atomic E-state index is 0.251. The van der Waals surface area contributed by atoms with Crippen molar-refractivity contribution < 1.29 is 14.3 Å². The highest BCUT2D eigenvalue weighted by atomic mass is 32.2. The molecule has 28 heavy (non-hydrogen) atoms. The Labute approximate surface area is 167 Å². The number of hydrogen-bond donors (Lipinski definition) is 1. The number of thioether (sulfide) groups is 1. The lowest BCUT2D eigenvalue weighted by Crippen LogP contribution is -2.07. The number of ether oxygens (including phenoxy) is 1. The lowest BCUT2D eigenvalue weighted by Gasteiger charge is -2.09. The van der Waals surface area contributed by atoms with E-state index in [1.54, 1.807) is 29.4 Å². The Morgan fingerprint density at radius 2 is 1.89 bits per heavy atom. The number of aromatic nitrogens is 2. The highest BCUT2D eigenvalue weighted by Gasteiger charge is 2.17. The summed E-state index contributed by atoms with van der Waals surface area (Å²) in [5.74, 6) is -0.451. The molecule has 0 amide bonds. The molecule has 2 aromatic carbocycles. The molecule has 3 aromatic rings. The van der Waals surface area contributed by atoms with E-state index in [-0.39, 0.29) is 12.2 Å². The van der Waals surface area contributed by atoms with Crippen molar-refractivity contribution in [3.05, 3.63) is 60.3 Å². The molecule has 0 spiro atoms. The van der Waals surface area contributed by atoms with Crippen LogP contribution in [0.15, 0.2) is 59.5 Å². The van der Waals surface area contributed by atoms with Crippen LogP contribution in [-0.2, 0) is 9.53 Å². The van der Waals surface area contributed by atoms with Crippen LogP contribution in [0.2, 0.25) is 0 Å². The minimum atomic E-state index is -0.451. The number of aldehydes is 1. The van der Waals surface area contributed by atoms with Crippen molar-refractivity contribution >= 4 is 29.7 Å². The van der Waals surface area contributed by atoms with Crippen LogP contribution in [0.4, 0.5) is 5.69 Å². The lowest BCUT2D eigenvalue weighted by molar-refractivity contribution is -0.106. The summed E-state index contributed by atoms with van der Waals surface area (Å²) in [5, 5.41) is 7.47. The van der Waals surface area contributed by atoms with Gasteiger partial charge in [-0.25, -0.2) is 9.48 Å². The molecular formula is C21H21N3O3S. The Morgan fingerprint density at radius 1 is 1.18 bits per heavy atom. The first kappa shape index (κ1) is 19.7. The first-order chi connectivity index (χ1) is 13.7. The van der Waals surface area contributed by atoms with Gasteiger partial charge in [0.1, 0.15) is 6.29 Å². The van der Waals surface area contributed by atoms with E-state index in [0.29, 0.717) is 6.61 Å². The highest BCUT2D eigenvalue weighted by Crippen LogP contribution is 2.27. The zero-order valence-electron chi connectivity index (χ0n) is 15.7. The molecule has 0 fully saturated rings. The molecule has 1 aromatic heterocycles. The molecule has 0 saturated heterocycles. The average molecular weight is 395 g/mol. The maximum atomic E-state index is 12.2. The summed E-state index contributed by atoms with van der Waals surface area (Å²) in [6.45, 7) is 2.31. The van der Waals surface area contributed by atoms with E-state index in [4.69, 9.17) is 4.74 Å². The van der Waals surface area contributed by atoms with Crippen molar-refractivity contribution in [1.82, 2.24) is 9.78 Å². The van der Waals surface area contributed by atoms with E-state index in [1.165, 1.54) is 0 Å². The van der Waals surface area contributed by atoms with E-state index >= 15 is 0 Å². The second-order valence-corrected chi connectivity index (χ2v) is 6.75. The third-order valence-corrected chi connectivity index (χ3v) is 4.82. The zero-order valence-corrected chi connectivity index (χ0v) is 16.5. The minimum Gasteiger partial charge on any atom is -0.461 e. The Balaban J connectivity index is 2.02. The number of anilines is 1. The van der Waals surface area contributed by atoms with Crippen molar-refractivity contribution in [3.8, 4) is 16.9 Å². The first-order valence-corrected chi connectivity index (χ1v) is 10.1. The third-order valence-electron chi connectivity index (χ3n) is 4.08. The Bertz CT molecular complexity index is 950. The summed E-state index contributed by atoms with van der Waals surface area (Å²) in [4.78, 5) is 23.9. The summed E-state index contributed by atoms with van der Waals surface area (Å²) in [5.41, 5.74) is 3.64. The third kappa shape index (κ3) is 4.43. The van der Waals surface area contributed by atoms with Crippen LogP contribution in [-0.4, -0.2) is 41.4 Å². The molecular weight excluding hydrogens is 374 g/mol. The van der Waals surface area contributed by atoms with Gasteiger partial charge in [0.2, 0.25) is 0 Å². The van der Waals surface area contributed by atoms with Crippen LogP contribution in [0.3, 0.4) is 0 Å². The summed E-state index contributed by atoms with van der Waals surface area (Å²) < 4.78 is 6.83. The summed E-state index contributed by atoms with van der Waals surface area (Å²) in [6, 6.07) is 17.3. The number of carbonyl (C=O) groups is 2. The number of rotatable bonds is 8. The molecule has 144 valence electrons. The quantitative estimate of drug-likeness (QED) is 0.352. The molecule has 3 rings (SSSR count). The monoisotopic (exact) mass is 395 g/mol. The fourth-order valence-corrected chi connectivity index (χ4v) is 3.14. The van der Waals surface area contributed by atoms with Gasteiger partial charge in [-0.15, -0.1) is 11.8 Å². The standard InChI is InChI=1S/C21H21N3O3S/c1-3-27-21(26)19-14-20(15-4-10-18(28-2)11-5-15)24(23-19)17-8-6-16(7-9-17)22-12-13-25/h4-11,13-14,22H,3,12H2,1-2H3. The smallest absolute Gasteiger partial charge is 0.358 e. The Morgan fingerprint density at radius 3 is 2.50 bits per heavy atom. The largest absolute Gasteiger partial charge is 0.461 e. The molecule has 0 aliphatic rings. The number of hydrogen-bond acceptors (Lipinski definition) is 6. The maximum absolute atomic E-state index is 12.2. The molecule has 0 aliphatic heterocycles. The van der Waals surface area contributed by atoms with Gasteiger partial charge in [0, 0.05) is 16.1 Å². The van der Waals surface area contributed by atoms with Gasteiger partial charge in [0.25, 0.3) is 0 Å². The van der Waals surface area contributed by atoms with Crippen LogP contribution in [0, 0.1) is 0 Å². The van der Waals surface area contributed by atoms with Crippen molar-refractivity contribution in [2.45, 2.75) is 11.8 Å². The topological polar surface area (TPSA) is 73.2 Å². The zero-order chi connectivity index (χ0) is 19.9.